The van der Waals surface area contributed by atoms with E-state index >= 15 is 0 Å². The zero-order valence-corrected chi connectivity index (χ0v) is 15.3. The molecule has 134 valence electrons. The van der Waals surface area contributed by atoms with Crippen LogP contribution in [0.3, 0.4) is 0 Å². The average Bonchev–Trinajstić information content (AvgIpc) is 3.11. The summed E-state index contributed by atoms with van der Waals surface area (Å²) in [5.74, 6) is 1.58. The highest BCUT2D eigenvalue weighted by atomic mass is 16.2. The molecule has 1 aromatic heterocycles. The lowest BCUT2D eigenvalue weighted by molar-refractivity contribution is 0.143. The van der Waals surface area contributed by atoms with E-state index in [9.17, 15) is 4.79 Å². The van der Waals surface area contributed by atoms with Crippen LogP contribution in [0.2, 0.25) is 0 Å². The van der Waals surface area contributed by atoms with Crippen molar-refractivity contribution in [1.82, 2.24) is 19.4 Å². The molecule has 2 heterocycles. The highest BCUT2D eigenvalue weighted by molar-refractivity contribution is 5.74. The summed E-state index contributed by atoms with van der Waals surface area (Å²) in [7, 11) is 0. The molecule has 0 aliphatic carbocycles. The molecule has 2 aromatic rings. The van der Waals surface area contributed by atoms with Crippen molar-refractivity contribution < 1.29 is 4.79 Å². The first-order valence-corrected chi connectivity index (χ1v) is 9.31. The lowest BCUT2D eigenvalue weighted by atomic mass is 9.96. The van der Waals surface area contributed by atoms with Crippen LogP contribution in [0.4, 0.5) is 4.79 Å². The summed E-state index contributed by atoms with van der Waals surface area (Å²) in [4.78, 5) is 21.0. The van der Waals surface area contributed by atoms with E-state index in [1.807, 2.05) is 35.9 Å². The van der Waals surface area contributed by atoms with Gasteiger partial charge in [0.25, 0.3) is 0 Å². The first-order valence-electron chi connectivity index (χ1n) is 9.31. The first-order chi connectivity index (χ1) is 12.2. The van der Waals surface area contributed by atoms with Gasteiger partial charge in [-0.15, -0.1) is 0 Å². The molecule has 0 N–H and O–H groups in total. The molecule has 3 rings (SSSR count). The number of carbonyl (C=O) groups excluding carboxylic acids is 1. The molecular formula is C20H28N4O. The van der Waals surface area contributed by atoms with Crippen LogP contribution < -0.4 is 0 Å². The summed E-state index contributed by atoms with van der Waals surface area (Å²) in [6, 6.07) is 10.7. The van der Waals surface area contributed by atoms with Gasteiger partial charge in [-0.05, 0) is 32.3 Å². The van der Waals surface area contributed by atoms with Gasteiger partial charge in [0.05, 0.1) is 0 Å². The number of hydrogen-bond acceptors (Lipinski definition) is 2. The molecule has 1 aromatic carbocycles. The fourth-order valence-corrected chi connectivity index (χ4v) is 3.62. The Hall–Kier alpha value is -2.30. The summed E-state index contributed by atoms with van der Waals surface area (Å²) >= 11 is 0. The Balaban J connectivity index is 1.62. The molecule has 1 aliphatic rings. The van der Waals surface area contributed by atoms with E-state index in [2.05, 4.69) is 40.0 Å². The summed E-state index contributed by atoms with van der Waals surface area (Å²) in [6.07, 6.45) is 5.93. The van der Waals surface area contributed by atoms with Gasteiger partial charge in [0.15, 0.2) is 0 Å². The SMILES string of the molecule is CCN(CC)C(=O)N1CCC(c2nccn2Cc2ccccc2)CC1. The van der Waals surface area contributed by atoms with Crippen LogP contribution in [-0.4, -0.2) is 51.6 Å². The van der Waals surface area contributed by atoms with Crippen molar-refractivity contribution in [3.8, 4) is 0 Å². The minimum Gasteiger partial charge on any atom is -0.330 e. The Kier molecular flexibility index (Phi) is 5.74. The minimum absolute atomic E-state index is 0.177. The minimum atomic E-state index is 0.177. The lowest BCUT2D eigenvalue weighted by Gasteiger charge is -2.35. The van der Waals surface area contributed by atoms with Crippen molar-refractivity contribution in [2.24, 2.45) is 0 Å². The predicted octanol–water partition coefficient (Wildman–Crippen LogP) is 3.57. The highest BCUT2D eigenvalue weighted by Gasteiger charge is 2.28. The Morgan fingerprint density at radius 1 is 1.16 bits per heavy atom. The maximum absolute atomic E-state index is 12.5. The van der Waals surface area contributed by atoms with Gasteiger partial charge in [0, 0.05) is 51.0 Å². The van der Waals surface area contributed by atoms with E-state index in [0.717, 1.165) is 51.4 Å². The van der Waals surface area contributed by atoms with Gasteiger partial charge in [-0.25, -0.2) is 9.78 Å². The molecule has 5 nitrogen and oxygen atoms in total. The van der Waals surface area contributed by atoms with Crippen LogP contribution in [-0.2, 0) is 6.54 Å². The van der Waals surface area contributed by atoms with Crippen LogP contribution >= 0.6 is 0 Å². The van der Waals surface area contributed by atoms with E-state index in [4.69, 9.17) is 0 Å². The number of piperidine rings is 1. The van der Waals surface area contributed by atoms with Crippen molar-refractivity contribution in [3.63, 3.8) is 0 Å². The molecule has 1 fully saturated rings. The molecule has 5 heteroatoms. The summed E-state index contributed by atoms with van der Waals surface area (Å²) < 4.78 is 2.25. The van der Waals surface area contributed by atoms with E-state index in [1.54, 1.807) is 0 Å². The van der Waals surface area contributed by atoms with Crippen molar-refractivity contribution in [2.75, 3.05) is 26.2 Å². The normalized spacial score (nSPS) is 15.4. The van der Waals surface area contributed by atoms with E-state index in [-0.39, 0.29) is 6.03 Å². The van der Waals surface area contributed by atoms with Crippen LogP contribution in [0.25, 0.3) is 0 Å². The zero-order chi connectivity index (χ0) is 17.6. The van der Waals surface area contributed by atoms with E-state index in [0.29, 0.717) is 5.92 Å². The van der Waals surface area contributed by atoms with Crippen molar-refractivity contribution in [3.05, 3.63) is 54.1 Å². The molecule has 0 atom stereocenters. The fraction of sp³-hybridized carbons (Fsp3) is 0.500. The molecule has 0 spiro atoms. The van der Waals surface area contributed by atoms with Gasteiger partial charge in [-0.1, -0.05) is 30.3 Å². The van der Waals surface area contributed by atoms with Gasteiger partial charge in [-0.3, -0.25) is 0 Å². The van der Waals surface area contributed by atoms with Gasteiger partial charge < -0.3 is 14.4 Å². The molecule has 2 amide bonds. The topological polar surface area (TPSA) is 41.4 Å². The molecule has 1 saturated heterocycles. The molecule has 0 unspecified atom stereocenters. The standard InChI is InChI=1S/C20H28N4O/c1-3-22(4-2)20(25)23-13-10-18(11-14-23)19-21-12-15-24(19)16-17-8-6-5-7-9-17/h5-9,12,15,18H,3-4,10-11,13-14,16H2,1-2H3. The number of likely N-dealkylation sites (tertiary alicyclic amines) is 1. The van der Waals surface area contributed by atoms with Crippen LogP contribution in [0.1, 0.15) is 44.0 Å². The van der Waals surface area contributed by atoms with Gasteiger partial charge in [0.1, 0.15) is 5.82 Å². The van der Waals surface area contributed by atoms with Gasteiger partial charge in [-0.2, -0.15) is 0 Å². The van der Waals surface area contributed by atoms with Crippen LogP contribution in [0.15, 0.2) is 42.7 Å². The van der Waals surface area contributed by atoms with Gasteiger partial charge >= 0.3 is 6.03 Å². The maximum atomic E-state index is 12.5. The van der Waals surface area contributed by atoms with Gasteiger partial charge in [0.2, 0.25) is 0 Å². The number of amides is 2. The largest absolute Gasteiger partial charge is 0.330 e. The number of nitrogens with zero attached hydrogens (tertiary/aromatic N) is 4. The Morgan fingerprint density at radius 2 is 1.84 bits per heavy atom. The van der Waals surface area contributed by atoms with E-state index < -0.39 is 0 Å². The van der Waals surface area contributed by atoms with Crippen LogP contribution in [0, 0.1) is 0 Å². The molecule has 0 bridgehead atoms. The lowest BCUT2D eigenvalue weighted by Crippen LogP contribution is -2.46. The average molecular weight is 340 g/mol. The Morgan fingerprint density at radius 3 is 2.48 bits per heavy atom. The first kappa shape index (κ1) is 17.5. The number of carbonyl (C=O) groups is 1. The quantitative estimate of drug-likeness (QED) is 0.835. The maximum Gasteiger partial charge on any atom is 0.319 e. The molecule has 0 saturated carbocycles. The molecule has 25 heavy (non-hydrogen) atoms. The summed E-state index contributed by atoms with van der Waals surface area (Å²) in [5, 5.41) is 0. The third kappa shape index (κ3) is 4.03. The van der Waals surface area contributed by atoms with Crippen molar-refractivity contribution in [2.45, 2.75) is 39.2 Å². The molecular weight excluding hydrogens is 312 g/mol. The van der Waals surface area contributed by atoms with Crippen LogP contribution in [0.5, 0.6) is 0 Å². The van der Waals surface area contributed by atoms with E-state index in [1.165, 1.54) is 5.56 Å². The van der Waals surface area contributed by atoms with Crippen molar-refractivity contribution in [1.29, 1.82) is 0 Å². The number of benzene rings is 1. The smallest absolute Gasteiger partial charge is 0.319 e. The monoisotopic (exact) mass is 340 g/mol. The number of imidazole rings is 1. The number of rotatable bonds is 5. The number of aromatic nitrogens is 2. The fourth-order valence-electron chi connectivity index (χ4n) is 3.62. The Labute approximate surface area is 150 Å². The number of hydrogen-bond donors (Lipinski definition) is 0. The number of urea groups is 1. The predicted molar refractivity (Wildman–Crippen MR) is 99.6 cm³/mol. The highest BCUT2D eigenvalue weighted by Crippen LogP contribution is 2.27. The summed E-state index contributed by atoms with van der Waals surface area (Å²) in [6.45, 7) is 8.11. The third-order valence-corrected chi connectivity index (χ3v) is 5.11. The summed E-state index contributed by atoms with van der Waals surface area (Å²) in [5.41, 5.74) is 1.29. The molecule has 0 radical (unpaired) electrons. The third-order valence-electron chi connectivity index (χ3n) is 5.11. The zero-order valence-electron chi connectivity index (χ0n) is 15.3. The van der Waals surface area contributed by atoms with Crippen molar-refractivity contribution >= 4 is 6.03 Å². The molecule has 1 aliphatic heterocycles. The second kappa shape index (κ2) is 8.19. The second-order valence-electron chi connectivity index (χ2n) is 6.62. The second-order valence-corrected chi connectivity index (χ2v) is 6.62. The Bertz CT molecular complexity index is 670.